The number of anilines is 1. The number of hydrogen-bond donors (Lipinski definition) is 1. The number of nitrogens with zero attached hydrogens (tertiary/aromatic N) is 1. The molecule has 0 aromatic heterocycles. The SMILES string of the molecule is CCN(Cc1cccc(N)c1)C(=O)Cc1cccc(C)c1. The number of likely N-dealkylation sites (N-methyl/N-ethyl adjacent to an activating group) is 1. The first-order chi connectivity index (χ1) is 10.1. The summed E-state index contributed by atoms with van der Waals surface area (Å²) in [5.41, 5.74) is 9.83. The molecule has 0 atom stereocenters. The number of amides is 1. The van der Waals surface area contributed by atoms with E-state index in [1.807, 2.05) is 61.2 Å². The lowest BCUT2D eigenvalue weighted by Gasteiger charge is -2.21. The second kappa shape index (κ2) is 6.93. The summed E-state index contributed by atoms with van der Waals surface area (Å²) >= 11 is 0. The first kappa shape index (κ1) is 15.1. The Bertz CT molecular complexity index is 622. The summed E-state index contributed by atoms with van der Waals surface area (Å²) in [5.74, 6) is 0.144. The van der Waals surface area contributed by atoms with Crippen molar-refractivity contribution in [3.63, 3.8) is 0 Å². The average Bonchev–Trinajstić information content (AvgIpc) is 2.44. The highest BCUT2D eigenvalue weighted by atomic mass is 16.2. The van der Waals surface area contributed by atoms with Crippen molar-refractivity contribution in [1.29, 1.82) is 0 Å². The van der Waals surface area contributed by atoms with Crippen LogP contribution in [-0.2, 0) is 17.8 Å². The van der Waals surface area contributed by atoms with Crippen molar-refractivity contribution in [2.75, 3.05) is 12.3 Å². The number of hydrogen-bond acceptors (Lipinski definition) is 2. The van der Waals surface area contributed by atoms with Crippen LogP contribution in [0.1, 0.15) is 23.6 Å². The molecule has 2 aromatic carbocycles. The molecule has 2 N–H and O–H groups in total. The molecule has 21 heavy (non-hydrogen) atoms. The molecular formula is C18H22N2O. The minimum Gasteiger partial charge on any atom is -0.399 e. The molecule has 0 aliphatic rings. The highest BCUT2D eigenvalue weighted by Gasteiger charge is 2.13. The third kappa shape index (κ3) is 4.35. The van der Waals surface area contributed by atoms with Crippen LogP contribution in [0.4, 0.5) is 5.69 Å². The van der Waals surface area contributed by atoms with Crippen molar-refractivity contribution in [2.24, 2.45) is 0 Å². The zero-order valence-electron chi connectivity index (χ0n) is 12.7. The number of aryl methyl sites for hydroxylation is 1. The molecule has 2 aromatic rings. The van der Waals surface area contributed by atoms with Crippen molar-refractivity contribution >= 4 is 11.6 Å². The van der Waals surface area contributed by atoms with Crippen LogP contribution in [0.5, 0.6) is 0 Å². The van der Waals surface area contributed by atoms with Gasteiger partial charge in [0.15, 0.2) is 0 Å². The fraction of sp³-hybridized carbons (Fsp3) is 0.278. The number of nitrogens with two attached hydrogens (primary N) is 1. The van der Waals surface area contributed by atoms with Gasteiger partial charge in [0.2, 0.25) is 5.91 Å². The van der Waals surface area contributed by atoms with E-state index in [2.05, 4.69) is 6.07 Å². The lowest BCUT2D eigenvalue weighted by Crippen LogP contribution is -2.31. The lowest BCUT2D eigenvalue weighted by atomic mass is 10.1. The van der Waals surface area contributed by atoms with Crippen LogP contribution in [0.25, 0.3) is 0 Å². The first-order valence-electron chi connectivity index (χ1n) is 7.26. The Hall–Kier alpha value is -2.29. The normalized spacial score (nSPS) is 10.4. The molecule has 2 rings (SSSR count). The number of benzene rings is 2. The van der Waals surface area contributed by atoms with Gasteiger partial charge >= 0.3 is 0 Å². The van der Waals surface area contributed by atoms with Gasteiger partial charge in [0.05, 0.1) is 6.42 Å². The van der Waals surface area contributed by atoms with Gasteiger partial charge in [-0.15, -0.1) is 0 Å². The van der Waals surface area contributed by atoms with E-state index in [9.17, 15) is 4.79 Å². The van der Waals surface area contributed by atoms with Crippen LogP contribution in [0, 0.1) is 6.92 Å². The molecule has 0 radical (unpaired) electrons. The summed E-state index contributed by atoms with van der Waals surface area (Å²) < 4.78 is 0. The third-order valence-corrected chi connectivity index (χ3v) is 3.50. The van der Waals surface area contributed by atoms with E-state index in [1.165, 1.54) is 5.56 Å². The summed E-state index contributed by atoms with van der Waals surface area (Å²) in [5, 5.41) is 0. The van der Waals surface area contributed by atoms with Gasteiger partial charge in [-0.2, -0.15) is 0 Å². The van der Waals surface area contributed by atoms with Crippen LogP contribution in [-0.4, -0.2) is 17.4 Å². The predicted molar refractivity (Wildman–Crippen MR) is 86.8 cm³/mol. The maximum atomic E-state index is 12.4. The van der Waals surface area contributed by atoms with Crippen molar-refractivity contribution < 1.29 is 4.79 Å². The van der Waals surface area contributed by atoms with Gasteiger partial charge in [-0.25, -0.2) is 0 Å². The van der Waals surface area contributed by atoms with Crippen molar-refractivity contribution in [2.45, 2.75) is 26.8 Å². The second-order valence-corrected chi connectivity index (χ2v) is 5.32. The number of carbonyl (C=O) groups is 1. The maximum absolute atomic E-state index is 12.4. The standard InChI is InChI=1S/C18H22N2O/c1-3-20(13-16-8-5-9-17(19)11-16)18(21)12-15-7-4-6-14(2)10-15/h4-11H,3,12-13,19H2,1-2H3. The van der Waals surface area contributed by atoms with E-state index in [-0.39, 0.29) is 5.91 Å². The lowest BCUT2D eigenvalue weighted by molar-refractivity contribution is -0.130. The largest absolute Gasteiger partial charge is 0.399 e. The molecule has 0 bridgehead atoms. The van der Waals surface area contributed by atoms with Crippen LogP contribution in [0.3, 0.4) is 0 Å². The molecule has 0 fully saturated rings. The average molecular weight is 282 g/mol. The van der Waals surface area contributed by atoms with Crippen LogP contribution < -0.4 is 5.73 Å². The van der Waals surface area contributed by atoms with Crippen LogP contribution in [0.15, 0.2) is 48.5 Å². The Labute approximate surface area is 126 Å². The maximum Gasteiger partial charge on any atom is 0.227 e. The molecule has 0 saturated heterocycles. The summed E-state index contributed by atoms with van der Waals surface area (Å²) in [6.07, 6.45) is 0.442. The first-order valence-corrected chi connectivity index (χ1v) is 7.26. The van der Waals surface area contributed by atoms with Crippen LogP contribution in [0.2, 0.25) is 0 Å². The molecule has 3 heteroatoms. The number of nitrogen functional groups attached to an aromatic ring is 1. The quantitative estimate of drug-likeness (QED) is 0.856. The van der Waals surface area contributed by atoms with Crippen molar-refractivity contribution in [1.82, 2.24) is 4.90 Å². The van der Waals surface area contributed by atoms with E-state index in [0.29, 0.717) is 19.5 Å². The highest BCUT2D eigenvalue weighted by Crippen LogP contribution is 2.12. The van der Waals surface area contributed by atoms with Crippen molar-refractivity contribution in [3.05, 3.63) is 65.2 Å². The summed E-state index contributed by atoms with van der Waals surface area (Å²) in [6, 6.07) is 15.8. The molecule has 0 spiro atoms. The Morgan fingerprint density at radius 1 is 1.10 bits per heavy atom. The minimum atomic E-state index is 0.144. The van der Waals surface area contributed by atoms with Gasteiger partial charge in [0, 0.05) is 18.8 Å². The van der Waals surface area contributed by atoms with E-state index >= 15 is 0 Å². The highest BCUT2D eigenvalue weighted by molar-refractivity contribution is 5.78. The molecule has 110 valence electrons. The molecule has 0 unspecified atom stereocenters. The molecule has 0 saturated carbocycles. The molecule has 3 nitrogen and oxygen atoms in total. The predicted octanol–water partition coefficient (Wildman–Crippen LogP) is 3.17. The van der Waals surface area contributed by atoms with Gasteiger partial charge in [0.25, 0.3) is 0 Å². The molecular weight excluding hydrogens is 260 g/mol. The van der Waals surface area contributed by atoms with Crippen LogP contribution >= 0.6 is 0 Å². The Morgan fingerprint density at radius 3 is 2.48 bits per heavy atom. The zero-order chi connectivity index (χ0) is 15.2. The van der Waals surface area contributed by atoms with Gasteiger partial charge in [-0.05, 0) is 37.1 Å². The van der Waals surface area contributed by atoms with E-state index in [1.54, 1.807) is 0 Å². The summed E-state index contributed by atoms with van der Waals surface area (Å²) in [4.78, 5) is 14.3. The zero-order valence-corrected chi connectivity index (χ0v) is 12.7. The van der Waals surface area contributed by atoms with E-state index in [4.69, 9.17) is 5.73 Å². The smallest absolute Gasteiger partial charge is 0.227 e. The number of carbonyl (C=O) groups excluding carboxylic acids is 1. The number of rotatable bonds is 5. The molecule has 0 aliphatic heterocycles. The third-order valence-electron chi connectivity index (χ3n) is 3.50. The molecule has 0 heterocycles. The monoisotopic (exact) mass is 282 g/mol. The van der Waals surface area contributed by atoms with Gasteiger partial charge in [-0.1, -0.05) is 42.0 Å². The van der Waals surface area contributed by atoms with Gasteiger partial charge in [-0.3, -0.25) is 4.79 Å². The Morgan fingerprint density at radius 2 is 1.81 bits per heavy atom. The molecule has 0 aliphatic carbocycles. The Kier molecular flexibility index (Phi) is 4.99. The Balaban J connectivity index is 2.05. The summed E-state index contributed by atoms with van der Waals surface area (Å²) in [7, 11) is 0. The van der Waals surface area contributed by atoms with Gasteiger partial charge in [0.1, 0.15) is 0 Å². The van der Waals surface area contributed by atoms with Gasteiger partial charge < -0.3 is 10.6 Å². The van der Waals surface area contributed by atoms with E-state index < -0.39 is 0 Å². The molecule has 1 amide bonds. The topological polar surface area (TPSA) is 46.3 Å². The second-order valence-electron chi connectivity index (χ2n) is 5.32. The minimum absolute atomic E-state index is 0.144. The summed E-state index contributed by atoms with van der Waals surface area (Å²) in [6.45, 7) is 5.34. The fourth-order valence-electron chi connectivity index (χ4n) is 2.40. The van der Waals surface area contributed by atoms with Crippen molar-refractivity contribution in [3.8, 4) is 0 Å². The fourth-order valence-corrected chi connectivity index (χ4v) is 2.40. The van der Waals surface area contributed by atoms with E-state index in [0.717, 1.165) is 16.8 Å².